The van der Waals surface area contributed by atoms with Gasteiger partial charge >= 0.3 is 0 Å². The van der Waals surface area contributed by atoms with Crippen molar-refractivity contribution in [2.75, 3.05) is 4.90 Å². The van der Waals surface area contributed by atoms with Crippen molar-refractivity contribution >= 4 is 27.8 Å². The lowest BCUT2D eigenvalue weighted by Crippen LogP contribution is -2.29. The molecular weight excluding hydrogens is 687 g/mol. The van der Waals surface area contributed by atoms with Crippen LogP contribution in [0.25, 0.3) is 44.2 Å². The monoisotopic (exact) mass is 729 g/mol. The number of fused-ring (bicyclic) bond motifs is 4. The molecule has 0 saturated heterocycles. The summed E-state index contributed by atoms with van der Waals surface area (Å²) in [6, 6.07) is 80.6. The Labute approximate surface area is 336 Å². The Bertz CT molecular complexity index is 2820. The maximum atomic E-state index is 2.52. The van der Waals surface area contributed by atoms with Crippen molar-refractivity contribution in [2.24, 2.45) is 0 Å². The van der Waals surface area contributed by atoms with Crippen molar-refractivity contribution in [3.8, 4) is 33.4 Å². The van der Waals surface area contributed by atoms with Gasteiger partial charge in [-0.25, -0.2) is 0 Å². The first-order chi connectivity index (χ1) is 28.1. The number of benzene rings is 9. The fraction of sp³-hybridized carbons (Fsp3) is 0.0714. The number of nitrogens with zero attached hydrogens (tertiary/aromatic N) is 1. The van der Waals surface area contributed by atoms with Crippen LogP contribution in [0.2, 0.25) is 0 Å². The van der Waals surface area contributed by atoms with Gasteiger partial charge in [-0.3, -0.25) is 0 Å². The van der Waals surface area contributed by atoms with Crippen LogP contribution in [0, 0.1) is 0 Å². The molecule has 1 heteroatoms. The molecule has 9 aromatic carbocycles. The van der Waals surface area contributed by atoms with Crippen molar-refractivity contribution in [2.45, 2.75) is 25.2 Å². The summed E-state index contributed by atoms with van der Waals surface area (Å²) in [6.45, 7) is 4.64. The van der Waals surface area contributed by atoms with Crippen LogP contribution in [0.1, 0.15) is 47.6 Å². The van der Waals surface area contributed by atoms with Crippen LogP contribution in [0.15, 0.2) is 218 Å². The highest BCUT2D eigenvalue weighted by Gasteiger charge is 2.47. The van der Waals surface area contributed by atoms with Gasteiger partial charge in [0.2, 0.25) is 0 Å². The van der Waals surface area contributed by atoms with Crippen molar-refractivity contribution in [3.63, 3.8) is 0 Å². The molecule has 272 valence electrons. The van der Waals surface area contributed by atoms with Gasteiger partial charge in [0, 0.05) is 16.8 Å². The van der Waals surface area contributed by atoms with E-state index in [0.717, 1.165) is 17.1 Å². The van der Waals surface area contributed by atoms with Gasteiger partial charge in [-0.05, 0) is 97.1 Å². The topological polar surface area (TPSA) is 3.24 Å². The number of hydrogen-bond donors (Lipinski definition) is 0. The van der Waals surface area contributed by atoms with E-state index in [2.05, 4.69) is 237 Å². The molecular formula is C56H43N. The number of rotatable bonds is 8. The molecule has 57 heavy (non-hydrogen) atoms. The summed E-state index contributed by atoms with van der Waals surface area (Å²) in [6.07, 6.45) is 0. The molecule has 0 spiro atoms. The molecule has 0 heterocycles. The van der Waals surface area contributed by atoms with E-state index in [0.29, 0.717) is 5.92 Å². The van der Waals surface area contributed by atoms with E-state index < -0.39 is 5.41 Å². The maximum absolute atomic E-state index is 2.52. The minimum absolute atomic E-state index is 0.357. The van der Waals surface area contributed by atoms with Gasteiger partial charge in [0.15, 0.2) is 0 Å². The molecule has 0 aromatic heterocycles. The van der Waals surface area contributed by atoms with E-state index in [1.165, 1.54) is 72.0 Å². The van der Waals surface area contributed by atoms with E-state index in [-0.39, 0.29) is 0 Å². The first-order valence-electron chi connectivity index (χ1n) is 20.0. The summed E-state index contributed by atoms with van der Waals surface area (Å²) < 4.78 is 0. The van der Waals surface area contributed by atoms with Crippen LogP contribution in [0.4, 0.5) is 17.1 Å². The Morgan fingerprint density at radius 1 is 0.386 bits per heavy atom. The van der Waals surface area contributed by atoms with Gasteiger partial charge in [0.25, 0.3) is 0 Å². The molecule has 0 bridgehead atoms. The second-order valence-electron chi connectivity index (χ2n) is 15.4. The molecule has 0 N–H and O–H groups in total. The number of para-hydroxylation sites is 1. The number of anilines is 3. The predicted octanol–water partition coefficient (Wildman–Crippen LogP) is 15.1. The van der Waals surface area contributed by atoms with Gasteiger partial charge in [-0.1, -0.05) is 202 Å². The average molecular weight is 730 g/mol. The quantitative estimate of drug-likeness (QED) is 0.151. The van der Waals surface area contributed by atoms with Crippen molar-refractivity contribution < 1.29 is 0 Å². The molecule has 0 unspecified atom stereocenters. The molecule has 0 saturated carbocycles. The third kappa shape index (κ3) is 5.69. The van der Waals surface area contributed by atoms with E-state index in [1.54, 1.807) is 0 Å². The molecule has 0 fully saturated rings. The fourth-order valence-electron chi connectivity index (χ4n) is 9.37. The highest BCUT2D eigenvalue weighted by Crippen LogP contribution is 2.59. The third-order valence-corrected chi connectivity index (χ3v) is 11.9. The Hall–Kier alpha value is -6.96. The highest BCUT2D eigenvalue weighted by atomic mass is 15.1. The summed E-state index contributed by atoms with van der Waals surface area (Å²) in [5.41, 5.74) is 16.7. The Balaban J connectivity index is 1.33. The van der Waals surface area contributed by atoms with Crippen LogP contribution in [-0.4, -0.2) is 0 Å². The van der Waals surface area contributed by atoms with Gasteiger partial charge in [-0.15, -0.1) is 0 Å². The Morgan fingerprint density at radius 3 is 1.56 bits per heavy atom. The number of hydrogen-bond acceptors (Lipinski definition) is 1. The Kier molecular flexibility index (Phi) is 8.65. The second kappa shape index (κ2) is 14.3. The van der Waals surface area contributed by atoms with Crippen LogP contribution < -0.4 is 4.90 Å². The summed E-state index contributed by atoms with van der Waals surface area (Å²) >= 11 is 0. The zero-order chi connectivity index (χ0) is 38.3. The zero-order valence-electron chi connectivity index (χ0n) is 32.3. The van der Waals surface area contributed by atoms with E-state index in [9.17, 15) is 0 Å². The lowest BCUT2D eigenvalue weighted by atomic mass is 9.67. The smallest absolute Gasteiger partial charge is 0.0714 e. The molecule has 0 aliphatic heterocycles. The van der Waals surface area contributed by atoms with Crippen molar-refractivity contribution in [3.05, 3.63) is 246 Å². The van der Waals surface area contributed by atoms with Crippen molar-refractivity contribution in [1.29, 1.82) is 0 Å². The SMILES string of the molecule is CC(C)c1cccc2c1-c1ccc(N(c3ccccc3-c3ccccc3)c3cc4ccccc4cc3-c3ccccc3)cc1C2(c1ccccc1)c1ccccc1. The van der Waals surface area contributed by atoms with Crippen LogP contribution >= 0.6 is 0 Å². The molecule has 0 atom stereocenters. The first kappa shape index (κ1) is 34.5. The van der Waals surface area contributed by atoms with E-state index in [4.69, 9.17) is 0 Å². The average Bonchev–Trinajstić information content (AvgIpc) is 3.58. The molecule has 1 aliphatic carbocycles. The van der Waals surface area contributed by atoms with Gasteiger partial charge in [0.1, 0.15) is 0 Å². The summed E-state index contributed by atoms with van der Waals surface area (Å²) in [7, 11) is 0. The third-order valence-electron chi connectivity index (χ3n) is 11.9. The van der Waals surface area contributed by atoms with E-state index >= 15 is 0 Å². The molecule has 1 aliphatic rings. The van der Waals surface area contributed by atoms with Gasteiger partial charge in [-0.2, -0.15) is 0 Å². The first-order valence-corrected chi connectivity index (χ1v) is 20.0. The van der Waals surface area contributed by atoms with Crippen molar-refractivity contribution in [1.82, 2.24) is 0 Å². The summed E-state index contributed by atoms with van der Waals surface area (Å²) in [5.74, 6) is 0.357. The van der Waals surface area contributed by atoms with Crippen LogP contribution in [-0.2, 0) is 5.41 Å². The summed E-state index contributed by atoms with van der Waals surface area (Å²) in [4.78, 5) is 2.52. The fourth-order valence-corrected chi connectivity index (χ4v) is 9.37. The van der Waals surface area contributed by atoms with Gasteiger partial charge < -0.3 is 4.90 Å². The molecule has 0 radical (unpaired) electrons. The summed E-state index contributed by atoms with van der Waals surface area (Å²) in [5, 5.41) is 2.42. The van der Waals surface area contributed by atoms with E-state index in [1.807, 2.05) is 0 Å². The zero-order valence-corrected chi connectivity index (χ0v) is 32.3. The maximum Gasteiger partial charge on any atom is 0.0714 e. The highest BCUT2D eigenvalue weighted by molar-refractivity contribution is 6.01. The predicted molar refractivity (Wildman–Crippen MR) is 241 cm³/mol. The Morgan fingerprint density at radius 2 is 0.930 bits per heavy atom. The second-order valence-corrected chi connectivity index (χ2v) is 15.4. The lowest BCUT2D eigenvalue weighted by Gasteiger charge is -2.35. The molecule has 0 amide bonds. The molecule has 1 nitrogen and oxygen atoms in total. The lowest BCUT2D eigenvalue weighted by molar-refractivity contribution is 0.765. The van der Waals surface area contributed by atoms with Crippen LogP contribution in [0.5, 0.6) is 0 Å². The minimum Gasteiger partial charge on any atom is -0.309 e. The van der Waals surface area contributed by atoms with Gasteiger partial charge in [0.05, 0.1) is 16.8 Å². The largest absolute Gasteiger partial charge is 0.309 e. The normalized spacial score (nSPS) is 12.7. The standard InChI is InChI=1S/C56H43N/c1-39(2)47-31-19-32-51-55(47)49-35-34-46(38-52(49)56(51,44-26-11-5-12-27-44)45-28-13-6-14-29-45)57(53-33-18-17-30-48(53)40-20-7-3-8-21-40)54-37-43-25-16-15-24-42(43)36-50(54)41-22-9-4-10-23-41/h3-39H,1-2H3. The van der Waals surface area contributed by atoms with Crippen LogP contribution in [0.3, 0.4) is 0 Å². The molecule has 9 aromatic rings. The molecule has 10 rings (SSSR count). The minimum atomic E-state index is -0.537.